The van der Waals surface area contributed by atoms with Gasteiger partial charge in [-0.2, -0.15) is 0 Å². The molecule has 0 saturated heterocycles. The minimum absolute atomic E-state index is 0.102. The Morgan fingerprint density at radius 2 is 2.00 bits per heavy atom. The Labute approximate surface area is 207 Å². The number of fused-ring (bicyclic) bond motifs is 4. The Balaban J connectivity index is 1.15. The summed E-state index contributed by atoms with van der Waals surface area (Å²) in [7, 11) is 0. The summed E-state index contributed by atoms with van der Waals surface area (Å²) in [6.45, 7) is 8.89. The summed E-state index contributed by atoms with van der Waals surface area (Å²) in [6.07, 6.45) is 3.35. The van der Waals surface area contributed by atoms with Gasteiger partial charge in [0.15, 0.2) is 0 Å². The molecule has 5 atom stereocenters. The fraction of sp³-hybridized carbons (Fsp3) is 0.552. The zero-order chi connectivity index (χ0) is 24.9. The maximum absolute atomic E-state index is 11.5. The highest BCUT2D eigenvalue weighted by molar-refractivity contribution is 5.79. The van der Waals surface area contributed by atoms with E-state index in [1.54, 1.807) is 0 Å². The predicted molar refractivity (Wildman–Crippen MR) is 134 cm³/mol. The van der Waals surface area contributed by atoms with Crippen LogP contribution in [0.15, 0.2) is 30.3 Å². The predicted octanol–water partition coefficient (Wildman–Crippen LogP) is 4.09. The maximum atomic E-state index is 11.5. The van der Waals surface area contributed by atoms with Gasteiger partial charge in [0.05, 0.1) is 18.8 Å². The van der Waals surface area contributed by atoms with Gasteiger partial charge in [0.25, 0.3) is 0 Å². The van der Waals surface area contributed by atoms with Crippen molar-refractivity contribution in [1.82, 2.24) is 5.32 Å². The van der Waals surface area contributed by atoms with Gasteiger partial charge in [-0.05, 0) is 81.2 Å². The van der Waals surface area contributed by atoms with Crippen LogP contribution in [-0.4, -0.2) is 47.1 Å². The van der Waals surface area contributed by atoms with E-state index in [4.69, 9.17) is 9.47 Å². The molecule has 3 N–H and O–H groups in total. The summed E-state index contributed by atoms with van der Waals surface area (Å²) in [5.41, 5.74) is 7.10. The minimum atomic E-state index is -0.810. The standard InChI is InChI=1S/C29H37NO5/c1-16-8-11-22(23-24-25(28(32)33)27(24)35-26(16)23)17(2)34-15-21(31)14-30-29(3,4)13-18-9-10-19-6-5-7-20(19)12-18/h8-12,17,21,24-25,27,30-31H,5-7,13-15H2,1-4H3,(H,32,33)/t17-,21-,24-,25-,27-/m1/s1. The van der Waals surface area contributed by atoms with E-state index in [1.807, 2.05) is 26.0 Å². The SMILES string of the molecule is Cc1ccc([C@@H](C)OC[C@H](O)CNC(C)(C)Cc2ccc3c(c2)CCC3)c2c1O[C@H]1[C@H](C(=O)O)[C@@H]21. The minimum Gasteiger partial charge on any atom is -0.488 e. The zero-order valence-corrected chi connectivity index (χ0v) is 21.1. The van der Waals surface area contributed by atoms with Crippen LogP contribution in [-0.2, 0) is 28.8 Å². The van der Waals surface area contributed by atoms with Crippen molar-refractivity contribution in [2.45, 2.75) is 83.1 Å². The number of nitrogens with one attached hydrogen (secondary N) is 1. The second kappa shape index (κ2) is 9.23. The van der Waals surface area contributed by atoms with Gasteiger partial charge in [-0.25, -0.2) is 0 Å². The summed E-state index contributed by atoms with van der Waals surface area (Å²) in [6, 6.07) is 10.8. The first-order chi connectivity index (χ1) is 16.6. The van der Waals surface area contributed by atoms with Crippen LogP contribution in [0.3, 0.4) is 0 Å². The molecule has 6 nitrogen and oxygen atoms in total. The average Bonchev–Trinajstić information content (AvgIpc) is 3.12. The number of aliphatic carboxylic acids is 1. The molecule has 0 aromatic heterocycles. The Hall–Kier alpha value is -2.41. The first kappa shape index (κ1) is 24.3. The quantitative estimate of drug-likeness (QED) is 0.476. The van der Waals surface area contributed by atoms with Gasteiger partial charge in [0.1, 0.15) is 17.8 Å². The summed E-state index contributed by atoms with van der Waals surface area (Å²) in [4.78, 5) is 11.5. The van der Waals surface area contributed by atoms with Crippen LogP contribution in [0, 0.1) is 12.8 Å². The van der Waals surface area contributed by atoms with Crippen molar-refractivity contribution in [3.8, 4) is 5.75 Å². The highest BCUT2D eigenvalue weighted by atomic mass is 16.5. The number of hydrogen-bond acceptors (Lipinski definition) is 5. The van der Waals surface area contributed by atoms with Crippen LogP contribution in [0.2, 0.25) is 0 Å². The molecule has 3 aliphatic rings. The molecule has 2 aromatic rings. The van der Waals surface area contributed by atoms with Gasteiger partial charge in [0, 0.05) is 23.6 Å². The number of carbonyl (C=O) groups is 1. The Bertz CT molecular complexity index is 1130. The third-order valence-corrected chi connectivity index (χ3v) is 7.85. The number of aryl methyl sites for hydroxylation is 3. The van der Waals surface area contributed by atoms with Crippen molar-refractivity contribution >= 4 is 5.97 Å². The number of aliphatic hydroxyl groups excluding tert-OH is 1. The first-order valence-corrected chi connectivity index (χ1v) is 12.8. The molecule has 0 radical (unpaired) electrons. The number of aliphatic hydroxyl groups is 1. The Morgan fingerprint density at radius 3 is 2.77 bits per heavy atom. The van der Waals surface area contributed by atoms with Crippen molar-refractivity contribution in [2.75, 3.05) is 13.2 Å². The number of benzene rings is 2. The molecule has 35 heavy (non-hydrogen) atoms. The number of rotatable bonds is 10. The summed E-state index contributed by atoms with van der Waals surface area (Å²) in [5.74, 6) is -0.579. The molecule has 2 aromatic carbocycles. The van der Waals surface area contributed by atoms with Crippen LogP contribution in [0.25, 0.3) is 0 Å². The zero-order valence-electron chi connectivity index (χ0n) is 21.1. The van der Waals surface area contributed by atoms with Gasteiger partial charge >= 0.3 is 5.97 Å². The third kappa shape index (κ3) is 4.84. The van der Waals surface area contributed by atoms with E-state index in [1.165, 1.54) is 36.0 Å². The Kier molecular flexibility index (Phi) is 6.41. The van der Waals surface area contributed by atoms with Crippen LogP contribution < -0.4 is 10.1 Å². The molecule has 0 bridgehead atoms. The monoisotopic (exact) mass is 479 g/mol. The molecule has 1 aliphatic heterocycles. The fourth-order valence-electron chi connectivity index (χ4n) is 5.89. The summed E-state index contributed by atoms with van der Waals surface area (Å²) in [5, 5.41) is 23.6. The third-order valence-electron chi connectivity index (χ3n) is 7.85. The van der Waals surface area contributed by atoms with E-state index >= 15 is 0 Å². The van der Waals surface area contributed by atoms with Gasteiger partial charge in [0.2, 0.25) is 0 Å². The molecule has 2 aliphatic carbocycles. The van der Waals surface area contributed by atoms with E-state index in [2.05, 4.69) is 37.4 Å². The van der Waals surface area contributed by atoms with Gasteiger partial charge in [-0.15, -0.1) is 0 Å². The lowest BCUT2D eigenvalue weighted by Gasteiger charge is -2.29. The van der Waals surface area contributed by atoms with Gasteiger partial charge in [-0.1, -0.05) is 30.3 Å². The normalized spacial score (nSPS) is 23.7. The summed E-state index contributed by atoms with van der Waals surface area (Å²) >= 11 is 0. The van der Waals surface area contributed by atoms with Crippen LogP contribution in [0.4, 0.5) is 0 Å². The number of ether oxygens (including phenoxy) is 2. The van der Waals surface area contributed by atoms with Crippen molar-refractivity contribution < 1.29 is 24.5 Å². The van der Waals surface area contributed by atoms with Crippen molar-refractivity contribution in [3.05, 3.63) is 63.7 Å². The molecule has 1 saturated carbocycles. The van der Waals surface area contributed by atoms with E-state index in [0.29, 0.717) is 6.54 Å². The number of carboxylic acid groups (broad SMARTS) is 1. The van der Waals surface area contributed by atoms with Gasteiger partial charge < -0.3 is 25.0 Å². The maximum Gasteiger partial charge on any atom is 0.311 e. The topological polar surface area (TPSA) is 88.0 Å². The second-order valence-electron chi connectivity index (χ2n) is 11.2. The Morgan fingerprint density at radius 1 is 1.23 bits per heavy atom. The second-order valence-corrected chi connectivity index (χ2v) is 11.2. The number of carboxylic acids is 1. The molecule has 6 heteroatoms. The van der Waals surface area contributed by atoms with E-state index < -0.39 is 18.0 Å². The summed E-state index contributed by atoms with van der Waals surface area (Å²) < 4.78 is 12.0. The van der Waals surface area contributed by atoms with Crippen LogP contribution >= 0.6 is 0 Å². The lowest BCUT2D eigenvalue weighted by atomic mass is 9.93. The van der Waals surface area contributed by atoms with E-state index in [9.17, 15) is 15.0 Å². The fourth-order valence-corrected chi connectivity index (χ4v) is 5.89. The lowest BCUT2D eigenvalue weighted by molar-refractivity contribution is -0.139. The molecule has 188 valence electrons. The molecule has 0 amide bonds. The molecule has 1 heterocycles. The highest BCUT2D eigenvalue weighted by Crippen LogP contribution is 2.61. The van der Waals surface area contributed by atoms with Crippen LogP contribution in [0.5, 0.6) is 5.75 Å². The largest absolute Gasteiger partial charge is 0.488 e. The van der Waals surface area contributed by atoms with Gasteiger partial charge in [-0.3, -0.25) is 4.79 Å². The molecular weight excluding hydrogens is 442 g/mol. The van der Waals surface area contributed by atoms with Crippen molar-refractivity contribution in [1.29, 1.82) is 0 Å². The molecule has 0 spiro atoms. The molecule has 1 fully saturated rings. The average molecular weight is 480 g/mol. The van der Waals surface area contributed by atoms with Crippen LogP contribution in [0.1, 0.15) is 72.6 Å². The molecular formula is C29H37NO5. The van der Waals surface area contributed by atoms with Crippen molar-refractivity contribution in [3.63, 3.8) is 0 Å². The number of hydrogen-bond donors (Lipinski definition) is 3. The number of β-amino-alcohol motifs (C(OH)–C–C–N with tert-alkyl or cyclic N) is 1. The van der Waals surface area contributed by atoms with Crippen molar-refractivity contribution in [2.24, 2.45) is 5.92 Å². The highest BCUT2D eigenvalue weighted by Gasteiger charge is 2.64. The molecule has 0 unspecified atom stereocenters. The smallest absolute Gasteiger partial charge is 0.311 e. The lowest BCUT2D eigenvalue weighted by Crippen LogP contribution is -2.46. The first-order valence-electron chi connectivity index (χ1n) is 12.8. The molecule has 5 rings (SSSR count). The van der Waals surface area contributed by atoms with E-state index in [-0.39, 0.29) is 30.3 Å². The van der Waals surface area contributed by atoms with E-state index in [0.717, 1.165) is 28.9 Å².